The van der Waals surface area contributed by atoms with E-state index < -0.39 is 11.4 Å². The van der Waals surface area contributed by atoms with E-state index in [9.17, 15) is 9.28 Å². The van der Waals surface area contributed by atoms with Gasteiger partial charge < -0.3 is 0 Å². The highest BCUT2D eigenvalue weighted by Gasteiger charge is 2.43. The van der Waals surface area contributed by atoms with Crippen molar-refractivity contribution in [1.29, 1.82) is 0 Å². The molecule has 0 saturated carbocycles. The summed E-state index contributed by atoms with van der Waals surface area (Å²) in [7, 11) is 0. The van der Waals surface area contributed by atoms with E-state index >= 15 is 0 Å². The van der Waals surface area contributed by atoms with Crippen LogP contribution in [0.4, 0.5) is 4.48 Å². The zero-order chi connectivity index (χ0) is 9.64. The SMILES string of the molecule is CC1(C)c2ccncc2C(=O)N1F. The molecule has 0 spiro atoms. The Kier molecular flexibility index (Phi) is 1.43. The number of amides is 1. The number of carbonyl (C=O) groups is 1. The third-order valence-electron chi connectivity index (χ3n) is 2.38. The molecule has 0 fully saturated rings. The molecule has 68 valence electrons. The fourth-order valence-electron chi connectivity index (χ4n) is 1.56. The normalized spacial score (nSPS) is 19.0. The molecule has 4 heteroatoms. The molecule has 2 heterocycles. The van der Waals surface area contributed by atoms with E-state index in [0.29, 0.717) is 11.1 Å². The summed E-state index contributed by atoms with van der Waals surface area (Å²) in [6, 6.07) is 1.67. The van der Waals surface area contributed by atoms with Crippen LogP contribution in [0.5, 0.6) is 0 Å². The minimum atomic E-state index is -0.866. The fraction of sp³-hybridized carbons (Fsp3) is 0.333. The molecule has 0 saturated heterocycles. The summed E-state index contributed by atoms with van der Waals surface area (Å²) in [5.41, 5.74) is 0.181. The minimum Gasteiger partial charge on any atom is -0.266 e. The molecule has 0 N–H and O–H groups in total. The maximum absolute atomic E-state index is 13.3. The summed E-state index contributed by atoms with van der Waals surface area (Å²) in [6.07, 6.45) is 2.96. The number of nitrogens with zero attached hydrogens (tertiary/aromatic N) is 2. The third kappa shape index (κ3) is 0.883. The Morgan fingerprint density at radius 1 is 1.54 bits per heavy atom. The van der Waals surface area contributed by atoms with E-state index in [-0.39, 0.29) is 5.12 Å². The molecule has 3 nitrogen and oxygen atoms in total. The van der Waals surface area contributed by atoms with Crippen LogP contribution in [0.3, 0.4) is 0 Å². The van der Waals surface area contributed by atoms with Crippen molar-refractivity contribution >= 4 is 5.91 Å². The third-order valence-corrected chi connectivity index (χ3v) is 2.38. The Hall–Kier alpha value is -1.45. The van der Waals surface area contributed by atoms with Gasteiger partial charge in [0.1, 0.15) is 0 Å². The predicted octanol–water partition coefficient (Wildman–Crippen LogP) is 1.66. The van der Waals surface area contributed by atoms with Crippen LogP contribution < -0.4 is 0 Å². The number of carbonyl (C=O) groups excluding carboxylic acids is 1. The summed E-state index contributed by atoms with van der Waals surface area (Å²) >= 11 is 0. The lowest BCUT2D eigenvalue weighted by Gasteiger charge is -2.23. The molecule has 0 atom stereocenters. The van der Waals surface area contributed by atoms with Gasteiger partial charge in [-0.2, -0.15) is 5.12 Å². The lowest BCUT2D eigenvalue weighted by Crippen LogP contribution is -2.31. The second kappa shape index (κ2) is 2.28. The second-order valence-electron chi connectivity index (χ2n) is 3.57. The van der Waals surface area contributed by atoms with Crippen LogP contribution in [0.1, 0.15) is 29.8 Å². The molecule has 0 radical (unpaired) electrons. The Balaban J connectivity index is 2.68. The Labute approximate surface area is 75.1 Å². The van der Waals surface area contributed by atoms with Crippen molar-refractivity contribution in [3.63, 3.8) is 0 Å². The molecular formula is C9H9FN2O. The number of rotatable bonds is 0. The first-order valence-electron chi connectivity index (χ1n) is 4.00. The van der Waals surface area contributed by atoms with Crippen molar-refractivity contribution in [1.82, 2.24) is 10.1 Å². The van der Waals surface area contributed by atoms with Gasteiger partial charge in [0.2, 0.25) is 0 Å². The zero-order valence-corrected chi connectivity index (χ0v) is 7.41. The van der Waals surface area contributed by atoms with Gasteiger partial charge in [-0.15, -0.1) is 0 Å². The quantitative estimate of drug-likeness (QED) is 0.569. The van der Waals surface area contributed by atoms with Gasteiger partial charge in [-0.25, -0.2) is 0 Å². The van der Waals surface area contributed by atoms with Crippen LogP contribution in [0.15, 0.2) is 18.5 Å². The van der Waals surface area contributed by atoms with E-state index in [4.69, 9.17) is 0 Å². The van der Waals surface area contributed by atoms with Crippen molar-refractivity contribution < 1.29 is 9.28 Å². The molecule has 0 bridgehead atoms. The number of hydrogen-bond donors (Lipinski definition) is 0. The van der Waals surface area contributed by atoms with Gasteiger partial charge in [0, 0.05) is 12.4 Å². The van der Waals surface area contributed by atoms with E-state index in [2.05, 4.69) is 4.98 Å². The topological polar surface area (TPSA) is 33.2 Å². The molecule has 13 heavy (non-hydrogen) atoms. The van der Waals surface area contributed by atoms with E-state index in [1.165, 1.54) is 6.20 Å². The molecular weight excluding hydrogens is 171 g/mol. The van der Waals surface area contributed by atoms with Gasteiger partial charge in [0.05, 0.1) is 11.1 Å². The van der Waals surface area contributed by atoms with Gasteiger partial charge in [0.15, 0.2) is 0 Å². The minimum absolute atomic E-state index is 0.249. The summed E-state index contributed by atoms with van der Waals surface area (Å²) in [6.45, 7) is 3.33. The first-order chi connectivity index (χ1) is 6.05. The Bertz CT molecular complexity index is 376. The second-order valence-corrected chi connectivity index (χ2v) is 3.57. The Morgan fingerprint density at radius 2 is 2.23 bits per heavy atom. The first kappa shape index (κ1) is 8.16. The average molecular weight is 180 g/mol. The summed E-state index contributed by atoms with van der Waals surface area (Å²) in [5, 5.41) is 0.249. The molecule has 1 aliphatic rings. The molecule has 1 aromatic rings. The highest BCUT2D eigenvalue weighted by atomic mass is 19.2. The number of pyridine rings is 1. The first-order valence-corrected chi connectivity index (χ1v) is 4.00. The molecule has 2 rings (SSSR count). The Morgan fingerprint density at radius 3 is 2.85 bits per heavy atom. The van der Waals surface area contributed by atoms with E-state index in [1.807, 2.05) is 0 Å². The van der Waals surface area contributed by atoms with Crippen molar-refractivity contribution in [3.05, 3.63) is 29.6 Å². The molecule has 1 aromatic heterocycles. The molecule has 1 amide bonds. The van der Waals surface area contributed by atoms with Gasteiger partial charge in [-0.05, 0) is 25.5 Å². The smallest absolute Gasteiger partial charge is 0.266 e. The molecule has 1 aliphatic heterocycles. The van der Waals surface area contributed by atoms with Crippen molar-refractivity contribution in [2.24, 2.45) is 0 Å². The largest absolute Gasteiger partial charge is 0.284 e. The maximum atomic E-state index is 13.3. The van der Waals surface area contributed by atoms with E-state index in [0.717, 1.165) is 0 Å². The van der Waals surface area contributed by atoms with Crippen LogP contribution in [-0.4, -0.2) is 16.0 Å². The number of halogens is 1. The van der Waals surface area contributed by atoms with Gasteiger partial charge >= 0.3 is 0 Å². The maximum Gasteiger partial charge on any atom is 0.284 e. The molecule has 0 aliphatic carbocycles. The van der Waals surface area contributed by atoms with Crippen molar-refractivity contribution in [2.45, 2.75) is 19.4 Å². The van der Waals surface area contributed by atoms with Crippen LogP contribution in [0.2, 0.25) is 0 Å². The average Bonchev–Trinajstić information content (AvgIpc) is 2.30. The predicted molar refractivity (Wildman–Crippen MR) is 44.5 cm³/mol. The van der Waals surface area contributed by atoms with E-state index in [1.54, 1.807) is 26.1 Å². The highest BCUT2D eigenvalue weighted by molar-refractivity contribution is 5.98. The summed E-state index contributed by atoms with van der Waals surface area (Å²) < 4.78 is 13.3. The fourth-order valence-corrected chi connectivity index (χ4v) is 1.56. The lowest BCUT2D eigenvalue weighted by atomic mass is 9.96. The summed E-state index contributed by atoms with van der Waals surface area (Å²) in [5.74, 6) is -0.604. The molecule has 0 aromatic carbocycles. The zero-order valence-electron chi connectivity index (χ0n) is 7.41. The van der Waals surface area contributed by atoms with Crippen LogP contribution >= 0.6 is 0 Å². The van der Waals surface area contributed by atoms with Gasteiger partial charge in [-0.3, -0.25) is 9.78 Å². The number of hydrogen-bond acceptors (Lipinski definition) is 2. The van der Waals surface area contributed by atoms with Crippen molar-refractivity contribution in [2.75, 3.05) is 0 Å². The van der Waals surface area contributed by atoms with Crippen molar-refractivity contribution in [3.8, 4) is 0 Å². The van der Waals surface area contributed by atoms with Crippen LogP contribution in [0.25, 0.3) is 0 Å². The van der Waals surface area contributed by atoms with Crippen LogP contribution in [-0.2, 0) is 5.54 Å². The standard InChI is InChI=1S/C9H9FN2O/c1-9(2)7-3-4-11-5-6(7)8(13)12(9)10/h3-5H,1-2H3. The molecule has 0 unspecified atom stereocenters. The van der Waals surface area contributed by atoms with Gasteiger partial charge in [0.25, 0.3) is 5.91 Å². The summed E-state index contributed by atoms with van der Waals surface area (Å²) in [4.78, 5) is 15.1. The number of fused-ring (bicyclic) bond motifs is 1. The monoisotopic (exact) mass is 180 g/mol. The van der Waals surface area contributed by atoms with Gasteiger partial charge in [-0.1, -0.05) is 4.48 Å². The highest BCUT2D eigenvalue weighted by Crippen LogP contribution is 2.37. The van der Waals surface area contributed by atoms with Crippen LogP contribution in [0, 0.1) is 0 Å². The lowest BCUT2D eigenvalue weighted by molar-refractivity contribution is -0.0314. The number of aromatic nitrogens is 1.